The molecule has 2 nitrogen and oxygen atoms in total. The van der Waals surface area contributed by atoms with Gasteiger partial charge >= 0.3 is 0 Å². The maximum atomic E-state index is 8.85. The Labute approximate surface area is 77.0 Å². The summed E-state index contributed by atoms with van der Waals surface area (Å²) in [5.74, 6) is 0.258. The lowest BCUT2D eigenvalue weighted by Gasteiger charge is -2.15. The third-order valence-electron chi connectivity index (χ3n) is 2.06. The highest BCUT2D eigenvalue weighted by atomic mass is 32.1. The third kappa shape index (κ3) is 2.06. The quantitative estimate of drug-likeness (QED) is 0.749. The fourth-order valence-electron chi connectivity index (χ4n) is 1.07. The Morgan fingerprint density at radius 3 is 2.67 bits per heavy atom. The van der Waals surface area contributed by atoms with E-state index < -0.39 is 0 Å². The van der Waals surface area contributed by atoms with Crippen LogP contribution in [-0.2, 0) is 0 Å². The second-order valence-corrected chi connectivity index (χ2v) is 4.40. The second-order valence-electron chi connectivity index (χ2n) is 3.08. The molecule has 3 N–H and O–H groups in total. The molecule has 12 heavy (non-hydrogen) atoms. The lowest BCUT2D eigenvalue weighted by Crippen LogP contribution is -2.29. The van der Waals surface area contributed by atoms with Gasteiger partial charge in [0.25, 0.3) is 0 Å². The van der Waals surface area contributed by atoms with Crippen molar-refractivity contribution in [1.29, 1.82) is 0 Å². The Morgan fingerprint density at radius 1 is 1.58 bits per heavy atom. The van der Waals surface area contributed by atoms with Gasteiger partial charge in [-0.25, -0.2) is 0 Å². The summed E-state index contributed by atoms with van der Waals surface area (Å²) in [7, 11) is 0. The molecule has 0 amide bonds. The van der Waals surface area contributed by atoms with E-state index in [9.17, 15) is 0 Å². The van der Waals surface area contributed by atoms with E-state index in [0.29, 0.717) is 0 Å². The van der Waals surface area contributed by atoms with E-state index in [4.69, 9.17) is 10.8 Å². The van der Waals surface area contributed by atoms with Crippen molar-refractivity contribution < 1.29 is 5.11 Å². The zero-order valence-electron chi connectivity index (χ0n) is 7.45. The number of rotatable bonds is 3. The summed E-state index contributed by atoms with van der Waals surface area (Å²) >= 11 is 1.75. The van der Waals surface area contributed by atoms with Crippen molar-refractivity contribution in [1.82, 2.24) is 0 Å². The van der Waals surface area contributed by atoms with Crippen LogP contribution in [0.3, 0.4) is 0 Å². The summed E-state index contributed by atoms with van der Waals surface area (Å²) in [5, 5.41) is 8.85. The molecule has 0 aliphatic heterocycles. The van der Waals surface area contributed by atoms with Crippen LogP contribution in [0.2, 0.25) is 0 Å². The van der Waals surface area contributed by atoms with E-state index in [1.165, 1.54) is 9.75 Å². The van der Waals surface area contributed by atoms with Crippen LogP contribution in [0.5, 0.6) is 0 Å². The lowest BCUT2D eigenvalue weighted by molar-refractivity contribution is 0.253. The number of thiophene rings is 1. The van der Waals surface area contributed by atoms with Crippen LogP contribution in [0.25, 0.3) is 0 Å². The maximum absolute atomic E-state index is 8.85. The van der Waals surface area contributed by atoms with Crippen LogP contribution in [0.15, 0.2) is 12.1 Å². The number of hydrogen-bond donors (Lipinski definition) is 2. The van der Waals surface area contributed by atoms with E-state index in [0.717, 1.165) is 0 Å². The predicted molar refractivity (Wildman–Crippen MR) is 52.5 cm³/mol. The molecule has 0 saturated carbocycles. The van der Waals surface area contributed by atoms with Gasteiger partial charge in [-0.05, 0) is 19.1 Å². The van der Waals surface area contributed by atoms with Gasteiger partial charge in [-0.2, -0.15) is 0 Å². The first-order chi connectivity index (χ1) is 5.65. The minimum atomic E-state index is -0.136. The van der Waals surface area contributed by atoms with Gasteiger partial charge in [0, 0.05) is 21.7 Å². The summed E-state index contributed by atoms with van der Waals surface area (Å²) in [6, 6.07) is 4.03. The van der Waals surface area contributed by atoms with Gasteiger partial charge in [0.15, 0.2) is 0 Å². The topological polar surface area (TPSA) is 46.2 Å². The van der Waals surface area contributed by atoms with E-state index in [1.54, 1.807) is 11.3 Å². The number of aryl methyl sites for hydroxylation is 1. The molecular weight excluding hydrogens is 170 g/mol. The van der Waals surface area contributed by atoms with Gasteiger partial charge in [0.05, 0.1) is 6.61 Å². The third-order valence-corrected chi connectivity index (χ3v) is 3.26. The first-order valence-corrected chi connectivity index (χ1v) is 4.89. The number of aliphatic hydroxyl groups excluding tert-OH is 1. The minimum absolute atomic E-state index is 0.0537. The summed E-state index contributed by atoms with van der Waals surface area (Å²) in [6.07, 6.45) is 0. The molecule has 0 aromatic carbocycles. The van der Waals surface area contributed by atoms with Crippen molar-refractivity contribution >= 4 is 11.3 Å². The Hall–Kier alpha value is -0.380. The van der Waals surface area contributed by atoms with Crippen LogP contribution in [0.4, 0.5) is 0 Å². The molecule has 0 aliphatic rings. The van der Waals surface area contributed by atoms with Gasteiger partial charge in [-0.1, -0.05) is 6.92 Å². The van der Waals surface area contributed by atoms with E-state index in [2.05, 4.69) is 19.1 Å². The van der Waals surface area contributed by atoms with E-state index in [-0.39, 0.29) is 18.6 Å². The van der Waals surface area contributed by atoms with Crippen molar-refractivity contribution in [3.05, 3.63) is 21.9 Å². The standard InChI is InChI=1S/C9H15NOS/c1-6-3-4-9(12-6)7(2)8(10)5-11/h3-4,7-8,11H,5,10H2,1-2H3. The molecule has 1 aromatic heterocycles. The zero-order chi connectivity index (χ0) is 9.14. The molecule has 0 spiro atoms. The summed E-state index contributed by atoms with van der Waals surface area (Å²) in [6.45, 7) is 4.18. The van der Waals surface area contributed by atoms with Crippen molar-refractivity contribution in [3.63, 3.8) is 0 Å². The molecule has 1 rings (SSSR count). The normalized spacial score (nSPS) is 16.0. The van der Waals surface area contributed by atoms with E-state index >= 15 is 0 Å². The first kappa shape index (κ1) is 9.71. The van der Waals surface area contributed by atoms with Gasteiger partial charge in [-0.15, -0.1) is 11.3 Å². The first-order valence-electron chi connectivity index (χ1n) is 4.08. The van der Waals surface area contributed by atoms with Crippen molar-refractivity contribution in [2.24, 2.45) is 5.73 Å². The fourth-order valence-corrected chi connectivity index (χ4v) is 2.07. The zero-order valence-corrected chi connectivity index (χ0v) is 8.27. The molecule has 0 radical (unpaired) electrons. The molecule has 1 aromatic rings. The molecule has 1 heterocycles. The fraction of sp³-hybridized carbons (Fsp3) is 0.556. The lowest BCUT2D eigenvalue weighted by atomic mass is 10.0. The maximum Gasteiger partial charge on any atom is 0.0588 e. The molecule has 0 fully saturated rings. The van der Waals surface area contributed by atoms with Gasteiger partial charge in [0.1, 0.15) is 0 Å². The van der Waals surface area contributed by atoms with Crippen LogP contribution in [0.1, 0.15) is 22.6 Å². The highest BCUT2D eigenvalue weighted by molar-refractivity contribution is 7.12. The molecule has 3 heteroatoms. The molecule has 0 aliphatic carbocycles. The number of hydrogen-bond acceptors (Lipinski definition) is 3. The van der Waals surface area contributed by atoms with Gasteiger partial charge in [0.2, 0.25) is 0 Å². The summed E-state index contributed by atoms with van der Waals surface area (Å²) in [5.41, 5.74) is 5.71. The van der Waals surface area contributed by atoms with Crippen LogP contribution >= 0.6 is 11.3 Å². The molecular formula is C9H15NOS. The smallest absolute Gasteiger partial charge is 0.0588 e. The molecule has 2 atom stereocenters. The monoisotopic (exact) mass is 185 g/mol. The Kier molecular flexibility index (Phi) is 3.26. The van der Waals surface area contributed by atoms with Crippen molar-refractivity contribution in [3.8, 4) is 0 Å². The highest BCUT2D eigenvalue weighted by Gasteiger charge is 2.14. The molecule has 0 bridgehead atoms. The summed E-state index contributed by atoms with van der Waals surface area (Å²) < 4.78 is 0. The molecule has 68 valence electrons. The average molecular weight is 185 g/mol. The second kappa shape index (κ2) is 4.03. The highest BCUT2D eigenvalue weighted by Crippen LogP contribution is 2.25. The Bertz CT molecular complexity index is 246. The van der Waals surface area contributed by atoms with Gasteiger partial charge in [-0.3, -0.25) is 0 Å². The molecule has 0 saturated heterocycles. The summed E-state index contributed by atoms with van der Waals surface area (Å²) in [4.78, 5) is 2.55. The Balaban J connectivity index is 2.70. The molecule has 2 unspecified atom stereocenters. The van der Waals surface area contributed by atoms with Gasteiger partial charge < -0.3 is 10.8 Å². The minimum Gasteiger partial charge on any atom is -0.395 e. The van der Waals surface area contributed by atoms with Crippen molar-refractivity contribution in [2.75, 3.05) is 6.61 Å². The van der Waals surface area contributed by atoms with E-state index in [1.807, 2.05) is 6.92 Å². The predicted octanol–water partition coefficient (Wildman–Crippen LogP) is 1.48. The van der Waals surface area contributed by atoms with Crippen LogP contribution in [-0.4, -0.2) is 17.8 Å². The average Bonchev–Trinajstić information content (AvgIpc) is 2.49. The number of aliphatic hydroxyl groups is 1. The van der Waals surface area contributed by atoms with Crippen LogP contribution in [0, 0.1) is 6.92 Å². The van der Waals surface area contributed by atoms with Crippen LogP contribution < -0.4 is 5.73 Å². The number of nitrogens with two attached hydrogens (primary N) is 1. The van der Waals surface area contributed by atoms with Crippen molar-refractivity contribution in [2.45, 2.75) is 25.8 Å². The largest absolute Gasteiger partial charge is 0.395 e. The SMILES string of the molecule is Cc1ccc(C(C)C(N)CO)s1. The Morgan fingerprint density at radius 2 is 2.25 bits per heavy atom.